The third-order valence-corrected chi connectivity index (χ3v) is 3.93. The first-order valence-corrected chi connectivity index (χ1v) is 6.49. The zero-order chi connectivity index (χ0) is 10.4. The van der Waals surface area contributed by atoms with E-state index in [0.717, 1.165) is 5.56 Å². The van der Waals surface area contributed by atoms with Gasteiger partial charge >= 0.3 is 0 Å². The Labute approximate surface area is 85.1 Å². The molecule has 0 spiro atoms. The standard InChI is InChI=1S/C11H15O2P/c1-3-13-14(12,4-2)10-11-8-6-5-7-9-11/h4-9H,2-3,10H2,1H3. The van der Waals surface area contributed by atoms with Crippen molar-refractivity contribution in [1.29, 1.82) is 0 Å². The molecule has 0 saturated carbocycles. The first-order valence-electron chi connectivity index (χ1n) is 4.61. The van der Waals surface area contributed by atoms with Crippen molar-refractivity contribution in [2.75, 3.05) is 6.61 Å². The van der Waals surface area contributed by atoms with Crippen LogP contribution in [0.25, 0.3) is 0 Å². The minimum Gasteiger partial charge on any atom is -0.326 e. The van der Waals surface area contributed by atoms with E-state index in [-0.39, 0.29) is 0 Å². The zero-order valence-electron chi connectivity index (χ0n) is 8.35. The van der Waals surface area contributed by atoms with Crippen molar-refractivity contribution in [2.45, 2.75) is 13.1 Å². The number of hydrogen-bond donors (Lipinski definition) is 0. The molecule has 0 radical (unpaired) electrons. The van der Waals surface area contributed by atoms with E-state index in [4.69, 9.17) is 4.52 Å². The van der Waals surface area contributed by atoms with Crippen LogP contribution in [0.5, 0.6) is 0 Å². The van der Waals surface area contributed by atoms with Crippen molar-refractivity contribution in [3.05, 3.63) is 48.3 Å². The van der Waals surface area contributed by atoms with E-state index in [9.17, 15) is 4.57 Å². The molecule has 0 amide bonds. The summed E-state index contributed by atoms with van der Waals surface area (Å²) in [6.07, 6.45) is 0.436. The first-order chi connectivity index (χ1) is 6.70. The molecule has 0 aromatic heterocycles. The predicted octanol–water partition coefficient (Wildman–Crippen LogP) is 3.64. The molecule has 0 fully saturated rings. The Balaban J connectivity index is 2.76. The molecule has 0 aliphatic heterocycles. The maximum Gasteiger partial charge on any atom is 0.228 e. The fourth-order valence-electron chi connectivity index (χ4n) is 1.22. The van der Waals surface area contributed by atoms with E-state index in [1.165, 1.54) is 5.82 Å². The Hall–Kier alpha value is -0.850. The molecule has 1 atom stereocenters. The highest BCUT2D eigenvalue weighted by molar-refractivity contribution is 7.61. The maximum absolute atomic E-state index is 12.0. The molecule has 1 unspecified atom stereocenters. The molecule has 0 heterocycles. The van der Waals surface area contributed by atoms with E-state index < -0.39 is 7.37 Å². The normalized spacial score (nSPS) is 14.6. The molecule has 1 rings (SSSR count). The zero-order valence-corrected chi connectivity index (χ0v) is 9.24. The molecular weight excluding hydrogens is 195 g/mol. The largest absolute Gasteiger partial charge is 0.326 e. The van der Waals surface area contributed by atoms with Gasteiger partial charge in [-0.05, 0) is 18.3 Å². The smallest absolute Gasteiger partial charge is 0.228 e. The van der Waals surface area contributed by atoms with Crippen molar-refractivity contribution >= 4 is 7.37 Å². The lowest BCUT2D eigenvalue weighted by Gasteiger charge is -2.12. The molecule has 1 aromatic carbocycles. The van der Waals surface area contributed by atoms with Gasteiger partial charge in [0.1, 0.15) is 0 Å². The Morgan fingerprint density at radius 2 is 2.07 bits per heavy atom. The van der Waals surface area contributed by atoms with Crippen LogP contribution >= 0.6 is 7.37 Å². The quantitative estimate of drug-likeness (QED) is 0.693. The topological polar surface area (TPSA) is 26.3 Å². The second kappa shape index (κ2) is 5.14. The third-order valence-electron chi connectivity index (χ3n) is 1.87. The highest BCUT2D eigenvalue weighted by Gasteiger charge is 2.17. The van der Waals surface area contributed by atoms with Crippen molar-refractivity contribution in [1.82, 2.24) is 0 Å². The monoisotopic (exact) mass is 210 g/mol. The Morgan fingerprint density at radius 3 is 2.57 bits per heavy atom. The molecule has 3 heteroatoms. The Morgan fingerprint density at radius 1 is 1.43 bits per heavy atom. The Kier molecular flexibility index (Phi) is 4.12. The van der Waals surface area contributed by atoms with E-state index in [2.05, 4.69) is 6.58 Å². The van der Waals surface area contributed by atoms with Crippen LogP contribution in [-0.4, -0.2) is 6.61 Å². The minimum atomic E-state index is -2.66. The van der Waals surface area contributed by atoms with Gasteiger partial charge in [0.25, 0.3) is 0 Å². The summed E-state index contributed by atoms with van der Waals surface area (Å²) < 4.78 is 17.2. The van der Waals surface area contributed by atoms with Crippen LogP contribution in [0, 0.1) is 0 Å². The van der Waals surface area contributed by atoms with E-state index in [0.29, 0.717) is 12.8 Å². The van der Waals surface area contributed by atoms with E-state index in [1.54, 1.807) is 0 Å². The average molecular weight is 210 g/mol. The molecule has 0 N–H and O–H groups in total. The van der Waals surface area contributed by atoms with Gasteiger partial charge in [0, 0.05) is 0 Å². The lowest BCUT2D eigenvalue weighted by molar-refractivity contribution is 0.339. The van der Waals surface area contributed by atoms with E-state index >= 15 is 0 Å². The summed E-state index contributed by atoms with van der Waals surface area (Å²) in [5.74, 6) is 1.43. The van der Waals surface area contributed by atoms with Gasteiger partial charge in [-0.15, -0.1) is 0 Å². The van der Waals surface area contributed by atoms with Crippen LogP contribution in [0.15, 0.2) is 42.7 Å². The van der Waals surface area contributed by atoms with Crippen LogP contribution in [0.2, 0.25) is 0 Å². The summed E-state index contributed by atoms with van der Waals surface area (Å²) in [5, 5.41) is 0. The van der Waals surface area contributed by atoms with Gasteiger partial charge in [0.15, 0.2) is 0 Å². The van der Waals surface area contributed by atoms with Crippen molar-refractivity contribution in [3.63, 3.8) is 0 Å². The van der Waals surface area contributed by atoms with Crippen LogP contribution in [-0.2, 0) is 15.3 Å². The number of rotatable bonds is 5. The van der Waals surface area contributed by atoms with Crippen molar-refractivity contribution in [2.24, 2.45) is 0 Å². The highest BCUT2D eigenvalue weighted by atomic mass is 31.2. The molecule has 2 nitrogen and oxygen atoms in total. The fraction of sp³-hybridized carbons (Fsp3) is 0.273. The van der Waals surface area contributed by atoms with Gasteiger partial charge in [0.05, 0.1) is 12.8 Å². The number of hydrogen-bond acceptors (Lipinski definition) is 2. The summed E-state index contributed by atoms with van der Waals surface area (Å²) >= 11 is 0. The highest BCUT2D eigenvalue weighted by Crippen LogP contribution is 2.51. The van der Waals surface area contributed by atoms with Gasteiger partial charge in [-0.25, -0.2) is 0 Å². The second-order valence-corrected chi connectivity index (χ2v) is 5.36. The minimum absolute atomic E-state index is 0.436. The van der Waals surface area contributed by atoms with E-state index in [1.807, 2.05) is 37.3 Å². The second-order valence-electron chi connectivity index (χ2n) is 2.97. The predicted molar refractivity (Wildman–Crippen MR) is 59.6 cm³/mol. The van der Waals surface area contributed by atoms with Gasteiger partial charge < -0.3 is 4.52 Å². The summed E-state index contributed by atoms with van der Waals surface area (Å²) in [7, 11) is -2.66. The summed E-state index contributed by atoms with van der Waals surface area (Å²) in [6, 6.07) is 9.66. The van der Waals surface area contributed by atoms with Gasteiger partial charge in [0.2, 0.25) is 7.37 Å². The van der Waals surface area contributed by atoms with Crippen LogP contribution in [0.3, 0.4) is 0 Å². The van der Waals surface area contributed by atoms with Crippen LogP contribution in [0.1, 0.15) is 12.5 Å². The summed E-state index contributed by atoms with van der Waals surface area (Å²) in [4.78, 5) is 0. The maximum atomic E-state index is 12.0. The molecular formula is C11H15O2P. The molecule has 0 aliphatic carbocycles. The third kappa shape index (κ3) is 3.13. The first kappa shape index (κ1) is 11.2. The average Bonchev–Trinajstić information content (AvgIpc) is 2.20. The van der Waals surface area contributed by atoms with Gasteiger partial charge in [-0.3, -0.25) is 4.57 Å². The SMILES string of the molecule is C=CP(=O)(Cc1ccccc1)OCC. The molecule has 76 valence electrons. The lowest BCUT2D eigenvalue weighted by atomic mass is 10.2. The lowest BCUT2D eigenvalue weighted by Crippen LogP contribution is -1.91. The van der Waals surface area contributed by atoms with Crippen molar-refractivity contribution in [3.8, 4) is 0 Å². The van der Waals surface area contributed by atoms with Crippen molar-refractivity contribution < 1.29 is 9.09 Å². The Bertz CT molecular complexity index is 332. The molecule has 0 saturated heterocycles. The summed E-state index contributed by atoms with van der Waals surface area (Å²) in [5.41, 5.74) is 1.02. The fourth-order valence-corrected chi connectivity index (χ4v) is 2.70. The van der Waals surface area contributed by atoms with Gasteiger partial charge in [-0.2, -0.15) is 0 Å². The molecule has 1 aromatic rings. The van der Waals surface area contributed by atoms with Crippen LogP contribution in [0.4, 0.5) is 0 Å². The van der Waals surface area contributed by atoms with Gasteiger partial charge in [-0.1, -0.05) is 36.9 Å². The number of benzene rings is 1. The molecule has 0 aliphatic rings. The molecule has 0 bridgehead atoms. The van der Waals surface area contributed by atoms with Crippen LogP contribution < -0.4 is 0 Å². The molecule has 14 heavy (non-hydrogen) atoms. The summed E-state index contributed by atoms with van der Waals surface area (Å²) in [6.45, 7) is 5.85.